The predicted molar refractivity (Wildman–Crippen MR) is 162 cm³/mol. The van der Waals surface area contributed by atoms with Gasteiger partial charge >= 0.3 is 0 Å². The molecule has 4 rings (SSSR count). The molecule has 2 aromatic rings. The van der Waals surface area contributed by atoms with Crippen LogP contribution in [0.3, 0.4) is 0 Å². The molecule has 0 amide bonds. The Hall–Kier alpha value is -1.46. The van der Waals surface area contributed by atoms with Gasteiger partial charge in [0, 0.05) is 36.0 Å². The minimum Gasteiger partial charge on any atom is -0.410 e. The molecule has 0 saturated carbocycles. The number of aliphatic hydroxyl groups is 1. The molecule has 2 heterocycles. The minimum absolute atomic E-state index is 0.00602. The summed E-state index contributed by atoms with van der Waals surface area (Å²) in [6, 6.07) is 3.84. The molecular weight excluding hydrogens is 570 g/mol. The van der Waals surface area contributed by atoms with Crippen molar-refractivity contribution in [1.29, 1.82) is 0 Å². The number of aliphatic hydroxyl groups excluding tert-OH is 1. The number of rotatable bonds is 6. The summed E-state index contributed by atoms with van der Waals surface area (Å²) in [4.78, 5) is 3.94. The number of halogens is 4. The molecule has 2 unspecified atom stereocenters. The lowest BCUT2D eigenvalue weighted by Gasteiger charge is -2.46. The van der Waals surface area contributed by atoms with Gasteiger partial charge in [0.25, 0.3) is 0 Å². The smallest absolute Gasteiger partial charge is 0.192 e. The van der Waals surface area contributed by atoms with Gasteiger partial charge in [-0.2, -0.15) is 0 Å². The van der Waals surface area contributed by atoms with Gasteiger partial charge in [0.05, 0.1) is 22.9 Å². The van der Waals surface area contributed by atoms with E-state index in [4.69, 9.17) is 14.1 Å². The van der Waals surface area contributed by atoms with Crippen molar-refractivity contribution in [2.75, 3.05) is 19.5 Å². The largest absolute Gasteiger partial charge is 0.410 e. The molecule has 0 bridgehead atoms. The molecule has 2 aliphatic rings. The van der Waals surface area contributed by atoms with Gasteiger partial charge in [0.1, 0.15) is 6.10 Å². The van der Waals surface area contributed by atoms with E-state index in [1.54, 1.807) is 0 Å². The molecule has 0 spiro atoms. The third-order valence-electron chi connectivity index (χ3n) is 9.27. The van der Waals surface area contributed by atoms with Crippen molar-refractivity contribution in [1.82, 2.24) is 4.98 Å². The molecule has 1 N–H and O–H groups in total. The van der Waals surface area contributed by atoms with E-state index in [1.807, 2.05) is 6.92 Å². The summed E-state index contributed by atoms with van der Waals surface area (Å²) in [7, 11) is -10.5. The standard InChI is InChI=1S/C31H47F4NO3SSi/c1-20-26-24(18-31(5,6)19-25(26)39-41(8,9)30(2,3)4)36-28(21-14-16-38-17-15-21)27(20)29(37)22-10-12-23(13-11-22)40(7,32,33,34)35/h10-13,21,25,29,37H,14-19H2,1-9H3. The van der Waals surface area contributed by atoms with Crippen LogP contribution in [0, 0.1) is 12.3 Å². The molecule has 4 nitrogen and oxygen atoms in total. The molecule has 2 atom stereocenters. The summed E-state index contributed by atoms with van der Waals surface area (Å²) in [6.07, 6.45) is 1.35. The number of pyridine rings is 1. The molecular formula is C31H47F4NO3SSi. The van der Waals surface area contributed by atoms with Crippen LogP contribution in [0.2, 0.25) is 18.1 Å². The maximum Gasteiger partial charge on any atom is 0.192 e. The van der Waals surface area contributed by atoms with Crippen LogP contribution in [0.25, 0.3) is 0 Å². The van der Waals surface area contributed by atoms with Gasteiger partial charge in [0.2, 0.25) is 0 Å². The number of hydrogen-bond donors (Lipinski definition) is 1. The Kier molecular flexibility index (Phi) is 7.74. The van der Waals surface area contributed by atoms with Crippen LogP contribution < -0.4 is 0 Å². The molecule has 1 fully saturated rings. The highest BCUT2D eigenvalue weighted by Gasteiger charge is 2.59. The molecule has 0 radical (unpaired) electrons. The van der Waals surface area contributed by atoms with Crippen molar-refractivity contribution in [2.45, 2.75) is 108 Å². The Labute approximate surface area is 243 Å². The second-order valence-corrected chi connectivity index (χ2v) is 22.8. The molecule has 1 aliphatic heterocycles. The zero-order chi connectivity index (χ0) is 30.9. The normalized spacial score (nSPS) is 22.9. The van der Waals surface area contributed by atoms with E-state index in [2.05, 4.69) is 47.7 Å². The average Bonchev–Trinajstić information content (AvgIpc) is 2.80. The van der Waals surface area contributed by atoms with Crippen molar-refractivity contribution >= 4 is 18.2 Å². The van der Waals surface area contributed by atoms with Crippen LogP contribution in [0.5, 0.6) is 0 Å². The minimum atomic E-state index is -8.34. The zero-order valence-corrected chi connectivity index (χ0v) is 27.7. The van der Waals surface area contributed by atoms with E-state index in [1.165, 1.54) is 12.1 Å². The number of benzene rings is 1. The predicted octanol–water partition coefficient (Wildman–Crippen LogP) is 9.80. The van der Waals surface area contributed by atoms with E-state index in [9.17, 15) is 20.6 Å². The Morgan fingerprint density at radius 2 is 1.63 bits per heavy atom. The quantitative estimate of drug-likeness (QED) is 0.259. The topological polar surface area (TPSA) is 51.6 Å². The summed E-state index contributed by atoms with van der Waals surface area (Å²) in [6.45, 7) is 18.7. The van der Waals surface area contributed by atoms with Gasteiger partial charge < -0.3 is 14.3 Å². The van der Waals surface area contributed by atoms with Gasteiger partial charge in [-0.25, -0.2) is 0 Å². The number of fused-ring (bicyclic) bond motifs is 1. The maximum atomic E-state index is 14.1. The fourth-order valence-electron chi connectivity index (χ4n) is 5.93. The molecule has 1 aromatic heterocycles. The second-order valence-electron chi connectivity index (χ2n) is 14.6. The van der Waals surface area contributed by atoms with Crippen molar-refractivity contribution in [3.63, 3.8) is 0 Å². The van der Waals surface area contributed by atoms with Crippen LogP contribution in [0.15, 0.2) is 29.2 Å². The molecule has 1 aromatic carbocycles. The lowest BCUT2D eigenvalue weighted by Crippen LogP contribution is -2.44. The summed E-state index contributed by atoms with van der Waals surface area (Å²) in [5.41, 5.74) is 4.48. The number of aromatic nitrogens is 1. The van der Waals surface area contributed by atoms with Gasteiger partial charge in [0.15, 0.2) is 18.2 Å². The van der Waals surface area contributed by atoms with E-state index >= 15 is 0 Å². The van der Waals surface area contributed by atoms with E-state index < -0.39 is 29.2 Å². The van der Waals surface area contributed by atoms with Crippen LogP contribution >= 0.6 is 9.84 Å². The summed E-state index contributed by atoms with van der Waals surface area (Å²) in [5, 5.41) is 11.8. The Morgan fingerprint density at radius 3 is 2.15 bits per heavy atom. The first-order valence-corrected chi connectivity index (χ1v) is 19.8. The van der Waals surface area contributed by atoms with Gasteiger partial charge in [-0.1, -0.05) is 46.8 Å². The highest BCUT2D eigenvalue weighted by molar-refractivity contribution is 8.49. The summed E-state index contributed by atoms with van der Waals surface area (Å²) >= 11 is 0. The first kappa shape index (κ1) is 32.5. The molecule has 41 heavy (non-hydrogen) atoms. The van der Waals surface area contributed by atoms with E-state index in [-0.39, 0.29) is 34.3 Å². The molecule has 232 valence electrons. The SMILES string of the molecule is Cc1c2c(nc(C3CCOCC3)c1C(O)c1ccc(S(C)(F)(F)(F)F)cc1)CC(C)(C)CC2O[Si](C)(C)C(C)(C)C. The Morgan fingerprint density at radius 1 is 1.07 bits per heavy atom. The number of nitrogens with zero attached hydrogens (tertiary/aromatic N) is 1. The van der Waals surface area contributed by atoms with Crippen LogP contribution in [-0.2, 0) is 15.6 Å². The Bertz CT molecular complexity index is 1300. The second kappa shape index (κ2) is 9.77. The van der Waals surface area contributed by atoms with Crippen LogP contribution in [0.4, 0.5) is 15.5 Å². The van der Waals surface area contributed by atoms with Gasteiger partial charge in [-0.3, -0.25) is 4.98 Å². The lowest BCUT2D eigenvalue weighted by molar-refractivity contribution is 0.0827. The first-order valence-electron chi connectivity index (χ1n) is 14.5. The maximum absolute atomic E-state index is 14.1. The zero-order valence-electron chi connectivity index (χ0n) is 25.9. The summed E-state index contributed by atoms with van der Waals surface area (Å²) in [5.74, 6) is 0.0518. The van der Waals surface area contributed by atoms with Crippen molar-refractivity contribution < 1.29 is 29.8 Å². The van der Waals surface area contributed by atoms with E-state index in [0.717, 1.165) is 60.3 Å². The van der Waals surface area contributed by atoms with Crippen molar-refractivity contribution in [2.24, 2.45) is 5.41 Å². The average molecular weight is 618 g/mol. The van der Waals surface area contributed by atoms with Gasteiger partial charge in [-0.15, -0.1) is 15.5 Å². The highest BCUT2D eigenvalue weighted by atomic mass is 32.5. The van der Waals surface area contributed by atoms with Crippen LogP contribution in [0.1, 0.15) is 106 Å². The number of hydrogen-bond acceptors (Lipinski definition) is 4. The molecule has 1 aliphatic carbocycles. The monoisotopic (exact) mass is 617 g/mol. The van der Waals surface area contributed by atoms with Gasteiger partial charge in [-0.05, 0) is 79.4 Å². The number of ether oxygens (including phenoxy) is 1. The first-order chi connectivity index (χ1) is 18.4. The Balaban J connectivity index is 1.89. The third-order valence-corrected chi connectivity index (χ3v) is 15.2. The molecule has 10 heteroatoms. The summed E-state index contributed by atoms with van der Waals surface area (Å²) < 4.78 is 68.9. The fourth-order valence-corrected chi connectivity index (χ4v) is 8.02. The van der Waals surface area contributed by atoms with E-state index in [0.29, 0.717) is 18.8 Å². The lowest BCUT2D eigenvalue weighted by atomic mass is 9.72. The van der Waals surface area contributed by atoms with Crippen molar-refractivity contribution in [3.8, 4) is 0 Å². The highest BCUT2D eigenvalue weighted by Crippen LogP contribution is 2.98. The molecule has 1 saturated heterocycles. The third kappa shape index (κ3) is 6.87. The van der Waals surface area contributed by atoms with Crippen LogP contribution in [-0.4, -0.2) is 37.9 Å². The fraction of sp³-hybridized carbons (Fsp3) is 0.645. The van der Waals surface area contributed by atoms with Crippen molar-refractivity contribution in [3.05, 3.63) is 57.9 Å².